The van der Waals surface area contributed by atoms with Crippen LogP contribution in [0.25, 0.3) is 21.5 Å². The summed E-state index contributed by atoms with van der Waals surface area (Å²) in [6.07, 6.45) is 0. The zero-order chi connectivity index (χ0) is 19.3. The van der Waals surface area contributed by atoms with Crippen LogP contribution in [0.4, 0.5) is 0 Å². The fourth-order valence-electron chi connectivity index (χ4n) is 3.60. The van der Waals surface area contributed by atoms with Crippen LogP contribution in [0.3, 0.4) is 0 Å². The molecular weight excluding hydrogens is 476 g/mol. The van der Waals surface area contributed by atoms with Gasteiger partial charge in [-0.1, -0.05) is 72.8 Å². The molecule has 0 aromatic heterocycles. The molecule has 0 spiro atoms. The van der Waals surface area contributed by atoms with Crippen LogP contribution in [-0.2, 0) is 45.1 Å². The van der Waals surface area contributed by atoms with E-state index in [1.165, 1.54) is 0 Å². The zero-order valence-electron chi connectivity index (χ0n) is 16.8. The van der Waals surface area contributed by atoms with Crippen molar-refractivity contribution in [3.05, 3.63) is 83.9 Å². The fourth-order valence-corrected chi connectivity index (χ4v) is 3.60. The van der Waals surface area contributed by atoms with Crippen LogP contribution in [0, 0.1) is 0 Å². The van der Waals surface area contributed by atoms with E-state index in [2.05, 4.69) is 10.6 Å². The molecule has 0 heterocycles. The minimum Gasteiger partial charge on any atom is -2.00 e. The average Bonchev–Trinajstić information content (AvgIpc) is 2.73. The Kier molecular flexibility index (Phi) is 10.6. The van der Waals surface area contributed by atoms with Gasteiger partial charge in [-0.15, -0.1) is 11.5 Å². The molecule has 0 fully saturated rings. The monoisotopic (exact) mass is 500 g/mol. The molecular formula is C24H22MoN2O4-6. The van der Waals surface area contributed by atoms with Crippen LogP contribution in [0.1, 0.15) is 11.1 Å². The van der Waals surface area contributed by atoms with Crippen molar-refractivity contribution in [2.45, 2.75) is 13.1 Å². The first-order chi connectivity index (χ1) is 13.7. The first-order valence-electron chi connectivity index (χ1n) is 9.51. The summed E-state index contributed by atoms with van der Waals surface area (Å²) in [5.74, 6) is 0.122. The Labute approximate surface area is 195 Å². The van der Waals surface area contributed by atoms with Gasteiger partial charge in [-0.2, -0.15) is 0 Å². The van der Waals surface area contributed by atoms with Gasteiger partial charge in [0.05, 0.1) is 0 Å². The SMILES string of the molecule is [Mo].[O-2].[O-2].[O-]c1ccc2ccccc2c1CNCCNCc1c([O-])ccc2ccccc12. The van der Waals surface area contributed by atoms with E-state index in [1.807, 2.05) is 60.7 Å². The Hall–Kier alpha value is -2.47. The molecule has 0 aliphatic rings. The number of rotatable bonds is 7. The third-order valence-corrected chi connectivity index (χ3v) is 5.08. The maximum absolute atomic E-state index is 12.2. The summed E-state index contributed by atoms with van der Waals surface area (Å²) in [5, 5.41) is 35.2. The number of hydrogen-bond acceptors (Lipinski definition) is 4. The van der Waals surface area contributed by atoms with Gasteiger partial charge in [0.15, 0.2) is 0 Å². The smallest absolute Gasteiger partial charge is 0.0206 e. The van der Waals surface area contributed by atoms with Crippen molar-refractivity contribution in [2.75, 3.05) is 13.1 Å². The molecule has 0 bridgehead atoms. The van der Waals surface area contributed by atoms with E-state index < -0.39 is 0 Å². The Morgan fingerprint density at radius 1 is 0.548 bits per heavy atom. The molecule has 0 saturated heterocycles. The molecule has 0 amide bonds. The van der Waals surface area contributed by atoms with E-state index in [-0.39, 0.29) is 43.5 Å². The van der Waals surface area contributed by atoms with Crippen molar-refractivity contribution >= 4 is 21.5 Å². The second kappa shape index (κ2) is 12.4. The molecule has 0 aliphatic heterocycles. The van der Waals surface area contributed by atoms with Gasteiger partial charge in [-0.25, -0.2) is 0 Å². The van der Waals surface area contributed by atoms with Crippen LogP contribution in [-0.4, -0.2) is 13.1 Å². The van der Waals surface area contributed by atoms with Gasteiger partial charge in [0, 0.05) is 47.2 Å². The third kappa shape index (κ3) is 6.03. The third-order valence-electron chi connectivity index (χ3n) is 5.08. The number of fused-ring (bicyclic) bond motifs is 2. The summed E-state index contributed by atoms with van der Waals surface area (Å²) in [6, 6.07) is 22.9. The van der Waals surface area contributed by atoms with Crippen molar-refractivity contribution in [3.63, 3.8) is 0 Å². The molecule has 0 radical (unpaired) electrons. The minimum absolute atomic E-state index is 0. The predicted molar refractivity (Wildman–Crippen MR) is 112 cm³/mol. The number of benzene rings is 4. The molecule has 31 heavy (non-hydrogen) atoms. The normalized spacial score (nSPS) is 10.2. The summed E-state index contributed by atoms with van der Waals surface area (Å²) < 4.78 is 0. The van der Waals surface area contributed by atoms with Crippen molar-refractivity contribution in [1.29, 1.82) is 0 Å². The number of nitrogens with one attached hydrogen (secondary N) is 2. The van der Waals surface area contributed by atoms with Crippen LogP contribution >= 0.6 is 0 Å². The Morgan fingerprint density at radius 2 is 0.935 bits per heavy atom. The van der Waals surface area contributed by atoms with Gasteiger partial charge >= 0.3 is 0 Å². The second-order valence-corrected chi connectivity index (χ2v) is 6.88. The van der Waals surface area contributed by atoms with Gasteiger partial charge in [0.25, 0.3) is 0 Å². The van der Waals surface area contributed by atoms with E-state index >= 15 is 0 Å². The maximum Gasteiger partial charge on any atom is 0.0206 e. The molecule has 2 N–H and O–H groups in total. The molecule has 4 aromatic rings. The van der Waals surface area contributed by atoms with Crippen LogP contribution < -0.4 is 20.8 Å². The Morgan fingerprint density at radius 3 is 1.35 bits per heavy atom. The molecule has 0 unspecified atom stereocenters. The standard InChI is InChI=1S/C24H24N2O2.Mo.2O/c27-23-11-9-17-5-1-3-7-19(17)21(23)15-25-13-14-26-16-22-20-8-4-2-6-18(20)10-12-24(22)28;;;/h1-12,25-28H,13-16H2;;;/q;;2*-2/p-2. The van der Waals surface area contributed by atoms with Crippen LogP contribution in [0.15, 0.2) is 72.8 Å². The van der Waals surface area contributed by atoms with E-state index in [4.69, 9.17) is 0 Å². The molecule has 0 atom stereocenters. The molecule has 4 rings (SSSR count). The summed E-state index contributed by atoms with van der Waals surface area (Å²) in [7, 11) is 0. The Bertz CT molecular complexity index is 1030. The Balaban J connectivity index is 0.00000160. The predicted octanol–water partition coefficient (Wildman–Crippen LogP) is 2.78. The molecule has 7 heteroatoms. The van der Waals surface area contributed by atoms with E-state index in [0.717, 1.165) is 32.7 Å². The van der Waals surface area contributed by atoms with Crippen LogP contribution in [0.2, 0.25) is 0 Å². The first kappa shape index (κ1) is 26.6. The fraction of sp³-hybridized carbons (Fsp3) is 0.167. The largest absolute Gasteiger partial charge is 2.00 e. The summed E-state index contributed by atoms with van der Waals surface area (Å²) in [6.45, 7) is 2.48. The van der Waals surface area contributed by atoms with Gasteiger partial charge < -0.3 is 31.8 Å². The molecule has 164 valence electrons. The molecule has 0 saturated carbocycles. The van der Waals surface area contributed by atoms with Crippen LogP contribution in [0.5, 0.6) is 11.5 Å². The van der Waals surface area contributed by atoms with Gasteiger partial charge in [-0.3, -0.25) is 0 Å². The van der Waals surface area contributed by atoms with Gasteiger partial charge in [-0.05, 0) is 32.7 Å². The first-order valence-corrected chi connectivity index (χ1v) is 9.51. The van der Waals surface area contributed by atoms with E-state index in [1.54, 1.807) is 12.1 Å². The molecule has 0 aliphatic carbocycles. The van der Waals surface area contributed by atoms with Gasteiger partial charge in [0.2, 0.25) is 0 Å². The molecule has 4 aromatic carbocycles. The van der Waals surface area contributed by atoms with E-state index in [9.17, 15) is 10.2 Å². The molecule has 6 nitrogen and oxygen atoms in total. The summed E-state index contributed by atoms with van der Waals surface area (Å²) in [4.78, 5) is 0. The van der Waals surface area contributed by atoms with Crippen molar-refractivity contribution in [3.8, 4) is 11.5 Å². The zero-order valence-corrected chi connectivity index (χ0v) is 18.8. The maximum atomic E-state index is 12.2. The summed E-state index contributed by atoms with van der Waals surface area (Å²) >= 11 is 0. The summed E-state index contributed by atoms with van der Waals surface area (Å²) in [5.41, 5.74) is 1.60. The van der Waals surface area contributed by atoms with Crippen molar-refractivity contribution < 1.29 is 42.2 Å². The van der Waals surface area contributed by atoms with Crippen molar-refractivity contribution in [1.82, 2.24) is 10.6 Å². The van der Waals surface area contributed by atoms with Crippen molar-refractivity contribution in [2.24, 2.45) is 0 Å². The van der Waals surface area contributed by atoms with E-state index in [0.29, 0.717) is 26.2 Å². The van der Waals surface area contributed by atoms with Gasteiger partial charge in [0.1, 0.15) is 0 Å². The number of hydrogen-bond donors (Lipinski definition) is 2. The topological polar surface area (TPSA) is 127 Å². The average molecular weight is 498 g/mol. The quantitative estimate of drug-likeness (QED) is 0.300. The second-order valence-electron chi connectivity index (χ2n) is 6.88. The minimum atomic E-state index is 0.